The van der Waals surface area contributed by atoms with Crippen molar-refractivity contribution in [2.45, 2.75) is 44.1 Å². The molecule has 112 valence electrons. The highest BCUT2D eigenvalue weighted by atomic mass is 32.1. The van der Waals surface area contributed by atoms with Gasteiger partial charge in [-0.15, -0.1) is 11.3 Å². The molecule has 2 N–H and O–H groups in total. The van der Waals surface area contributed by atoms with E-state index in [-0.39, 0.29) is 22.1 Å². The first-order valence-corrected chi connectivity index (χ1v) is 8.42. The van der Waals surface area contributed by atoms with Crippen LogP contribution >= 0.6 is 11.3 Å². The predicted molar refractivity (Wildman–Crippen MR) is 77.4 cm³/mol. The van der Waals surface area contributed by atoms with Crippen LogP contribution in [0.4, 0.5) is 0 Å². The molecule has 1 aromatic heterocycles. The summed E-state index contributed by atoms with van der Waals surface area (Å²) >= 11 is 1.11. The van der Waals surface area contributed by atoms with Crippen LogP contribution in [0.3, 0.4) is 0 Å². The zero-order valence-electron chi connectivity index (χ0n) is 11.7. The van der Waals surface area contributed by atoms with Gasteiger partial charge >= 0.3 is 5.97 Å². The van der Waals surface area contributed by atoms with Gasteiger partial charge < -0.3 is 10.4 Å². The topological polar surface area (TPSA) is 79.3 Å². The molecule has 1 amide bonds. The Balaban J connectivity index is 1.52. The van der Waals surface area contributed by atoms with Crippen LogP contribution in [0.2, 0.25) is 0 Å². The fourth-order valence-corrected chi connectivity index (χ4v) is 5.72. The number of nitrogens with one attached hydrogen (secondary N) is 1. The first-order valence-electron chi connectivity index (χ1n) is 7.54. The summed E-state index contributed by atoms with van der Waals surface area (Å²) in [6.45, 7) is 0. The fraction of sp³-hybridized carbons (Fsp3) is 0.667. The molecule has 0 radical (unpaired) electrons. The second-order valence-corrected chi connectivity index (χ2v) is 7.85. The number of aromatic carboxylic acids is 1. The minimum absolute atomic E-state index is 0.0457. The van der Waals surface area contributed by atoms with Gasteiger partial charge in [-0.05, 0) is 56.3 Å². The van der Waals surface area contributed by atoms with Crippen molar-refractivity contribution in [3.8, 4) is 0 Å². The Hall–Kier alpha value is -1.43. The van der Waals surface area contributed by atoms with Gasteiger partial charge in [0, 0.05) is 10.9 Å². The molecule has 6 heteroatoms. The van der Waals surface area contributed by atoms with E-state index in [2.05, 4.69) is 10.3 Å². The molecule has 0 spiro atoms. The van der Waals surface area contributed by atoms with Crippen molar-refractivity contribution in [1.29, 1.82) is 0 Å². The Labute approximate surface area is 126 Å². The highest BCUT2D eigenvalue weighted by Gasteiger charge is 2.51. The molecule has 0 saturated heterocycles. The van der Waals surface area contributed by atoms with Gasteiger partial charge in [0.15, 0.2) is 10.7 Å². The average Bonchev–Trinajstić information content (AvgIpc) is 2.85. The fourth-order valence-electron chi connectivity index (χ4n) is 5.03. The summed E-state index contributed by atoms with van der Waals surface area (Å²) in [5, 5.41) is 13.8. The van der Waals surface area contributed by atoms with Crippen molar-refractivity contribution < 1.29 is 14.7 Å². The summed E-state index contributed by atoms with van der Waals surface area (Å²) in [7, 11) is 0. The van der Waals surface area contributed by atoms with E-state index in [1.807, 2.05) is 0 Å². The standard InChI is InChI=1S/C15H18N2O3S/c18-12(13-16-11(7-21-13)14(19)20)17-15-4-8-1-9(5-15)3-10(2-8)6-15/h7-10H,1-6H2,(H,17,18)(H,19,20). The summed E-state index contributed by atoms with van der Waals surface area (Å²) in [5.74, 6) is 1.02. The van der Waals surface area contributed by atoms with Crippen LogP contribution < -0.4 is 5.32 Å². The summed E-state index contributed by atoms with van der Waals surface area (Å²) < 4.78 is 0. The summed E-state index contributed by atoms with van der Waals surface area (Å²) in [6.07, 6.45) is 7.24. The van der Waals surface area contributed by atoms with Gasteiger partial charge in [-0.2, -0.15) is 0 Å². The van der Waals surface area contributed by atoms with Crippen molar-refractivity contribution in [3.05, 3.63) is 16.1 Å². The number of carboxylic acid groups (broad SMARTS) is 1. The SMILES string of the molecule is O=C(O)c1csc(C(=O)NC23CC4CC(CC(C4)C2)C3)n1. The molecule has 21 heavy (non-hydrogen) atoms. The number of nitrogens with zero attached hydrogens (tertiary/aromatic N) is 1. The lowest BCUT2D eigenvalue weighted by molar-refractivity contribution is -0.0167. The van der Waals surface area contributed by atoms with Gasteiger partial charge in [-0.3, -0.25) is 4.79 Å². The summed E-state index contributed by atoms with van der Waals surface area (Å²) in [6, 6.07) is 0. The highest BCUT2D eigenvalue weighted by Crippen LogP contribution is 2.55. The highest BCUT2D eigenvalue weighted by molar-refractivity contribution is 7.11. The van der Waals surface area contributed by atoms with Gasteiger partial charge in [-0.25, -0.2) is 9.78 Å². The molecule has 5 rings (SSSR count). The molecule has 4 aliphatic rings. The Kier molecular flexibility index (Phi) is 2.86. The quantitative estimate of drug-likeness (QED) is 0.899. The number of thiazole rings is 1. The first kappa shape index (κ1) is 13.2. The van der Waals surface area contributed by atoms with Crippen molar-refractivity contribution >= 4 is 23.2 Å². The third-order valence-corrected chi connectivity index (χ3v) is 6.18. The number of carbonyl (C=O) groups is 2. The molecule has 4 fully saturated rings. The van der Waals surface area contributed by atoms with Gasteiger partial charge in [0.05, 0.1) is 0 Å². The summed E-state index contributed by atoms with van der Waals surface area (Å²) in [4.78, 5) is 27.2. The van der Waals surface area contributed by atoms with E-state index >= 15 is 0 Å². The van der Waals surface area contributed by atoms with Crippen LogP contribution in [0.5, 0.6) is 0 Å². The number of aromatic nitrogens is 1. The molecule has 0 atom stereocenters. The Bertz CT molecular complexity index is 575. The van der Waals surface area contributed by atoms with Crippen molar-refractivity contribution in [2.24, 2.45) is 17.8 Å². The zero-order valence-corrected chi connectivity index (χ0v) is 12.5. The second-order valence-electron chi connectivity index (χ2n) is 7.00. The van der Waals surface area contributed by atoms with Crippen LogP contribution in [0.15, 0.2) is 5.38 Å². The Morgan fingerprint density at radius 2 is 1.76 bits per heavy atom. The number of hydrogen-bond acceptors (Lipinski definition) is 4. The van der Waals surface area contributed by atoms with E-state index in [4.69, 9.17) is 5.11 Å². The minimum atomic E-state index is -1.08. The second kappa shape index (κ2) is 4.53. The lowest BCUT2D eigenvalue weighted by Gasteiger charge is -2.56. The Morgan fingerprint density at radius 3 is 2.24 bits per heavy atom. The number of hydrogen-bond donors (Lipinski definition) is 2. The molecule has 0 unspecified atom stereocenters. The summed E-state index contributed by atoms with van der Waals surface area (Å²) in [5.41, 5.74) is -0.100. The molecule has 5 nitrogen and oxygen atoms in total. The van der Waals surface area contributed by atoms with Gasteiger partial charge in [0.2, 0.25) is 0 Å². The van der Waals surface area contributed by atoms with Gasteiger partial charge in [0.1, 0.15) is 0 Å². The van der Waals surface area contributed by atoms with Crippen LogP contribution in [0.1, 0.15) is 58.8 Å². The number of carbonyl (C=O) groups excluding carboxylic acids is 1. The molecule has 1 heterocycles. The van der Waals surface area contributed by atoms with Crippen LogP contribution in [0, 0.1) is 17.8 Å². The van der Waals surface area contributed by atoms with Crippen LogP contribution in [0.25, 0.3) is 0 Å². The smallest absolute Gasteiger partial charge is 0.355 e. The van der Waals surface area contributed by atoms with E-state index in [9.17, 15) is 9.59 Å². The maximum absolute atomic E-state index is 12.4. The largest absolute Gasteiger partial charge is 0.476 e. The molecule has 0 aliphatic heterocycles. The number of carboxylic acids is 1. The molecule has 4 aliphatic carbocycles. The maximum atomic E-state index is 12.4. The molecular weight excluding hydrogens is 288 g/mol. The average molecular weight is 306 g/mol. The molecule has 1 aromatic rings. The lowest BCUT2D eigenvalue weighted by Crippen LogP contribution is -2.59. The van der Waals surface area contributed by atoms with Crippen LogP contribution in [-0.4, -0.2) is 27.5 Å². The Morgan fingerprint density at radius 1 is 1.19 bits per heavy atom. The molecule has 0 aromatic carbocycles. The third-order valence-electron chi connectivity index (χ3n) is 5.33. The number of rotatable bonds is 3. The van der Waals surface area contributed by atoms with Crippen LogP contribution in [-0.2, 0) is 0 Å². The van der Waals surface area contributed by atoms with Crippen molar-refractivity contribution in [2.75, 3.05) is 0 Å². The van der Waals surface area contributed by atoms with Crippen molar-refractivity contribution in [1.82, 2.24) is 10.3 Å². The van der Waals surface area contributed by atoms with E-state index in [0.717, 1.165) is 48.4 Å². The van der Waals surface area contributed by atoms with Crippen molar-refractivity contribution in [3.63, 3.8) is 0 Å². The normalized spacial score (nSPS) is 36.7. The molecule has 4 saturated carbocycles. The zero-order chi connectivity index (χ0) is 14.6. The molecule has 4 bridgehead atoms. The van der Waals surface area contributed by atoms with Gasteiger partial charge in [0.25, 0.3) is 5.91 Å². The third kappa shape index (κ3) is 2.25. The van der Waals surface area contributed by atoms with E-state index in [0.29, 0.717) is 0 Å². The number of amides is 1. The van der Waals surface area contributed by atoms with E-state index < -0.39 is 5.97 Å². The predicted octanol–water partition coefficient (Wildman–Crippen LogP) is 2.54. The van der Waals surface area contributed by atoms with Gasteiger partial charge in [-0.1, -0.05) is 0 Å². The van der Waals surface area contributed by atoms with E-state index in [1.165, 1.54) is 24.6 Å². The van der Waals surface area contributed by atoms with E-state index in [1.54, 1.807) is 0 Å². The minimum Gasteiger partial charge on any atom is -0.476 e. The first-order chi connectivity index (χ1) is 10.0. The monoisotopic (exact) mass is 306 g/mol. The molecular formula is C15H18N2O3S. The maximum Gasteiger partial charge on any atom is 0.355 e. The lowest BCUT2D eigenvalue weighted by atomic mass is 9.53.